The first-order valence-corrected chi connectivity index (χ1v) is 6.64. The molecule has 120 valence electrons. The van der Waals surface area contributed by atoms with Crippen LogP contribution in [0.2, 0.25) is 0 Å². The first-order valence-electron chi connectivity index (χ1n) is 6.64. The number of allylic oxidation sites excluding steroid dienone is 1. The Hall–Kier alpha value is -2.05. The minimum atomic E-state index is -1.57. The third-order valence-corrected chi connectivity index (χ3v) is 2.74. The van der Waals surface area contributed by atoms with E-state index in [0.717, 1.165) is 7.11 Å². The minimum Gasteiger partial charge on any atom is -0.465 e. The van der Waals surface area contributed by atoms with Crippen LogP contribution < -0.4 is 0 Å². The van der Waals surface area contributed by atoms with Gasteiger partial charge in [0.2, 0.25) is 0 Å². The van der Waals surface area contributed by atoms with E-state index in [1.54, 1.807) is 13.8 Å². The van der Waals surface area contributed by atoms with Crippen molar-refractivity contribution in [2.45, 2.75) is 26.7 Å². The number of methoxy groups -OCH3 is 1. The maximum Gasteiger partial charge on any atom is 0.507 e. The van der Waals surface area contributed by atoms with E-state index < -0.39 is 23.5 Å². The van der Waals surface area contributed by atoms with Gasteiger partial charge in [-0.25, -0.2) is 4.79 Å². The van der Waals surface area contributed by atoms with Gasteiger partial charge in [-0.2, -0.15) is 0 Å². The SMILES string of the molecule is C=CCC(CCOC(=O)OC)(C(=O)OCC)C(=O)OCC. The third-order valence-electron chi connectivity index (χ3n) is 2.74. The number of hydrogen-bond acceptors (Lipinski definition) is 7. The van der Waals surface area contributed by atoms with Crippen molar-refractivity contribution in [3.8, 4) is 0 Å². The maximum absolute atomic E-state index is 12.2. The average molecular weight is 302 g/mol. The molecule has 0 aromatic rings. The Kier molecular flexibility index (Phi) is 8.84. The molecular weight excluding hydrogens is 280 g/mol. The molecule has 0 saturated carbocycles. The lowest BCUT2D eigenvalue weighted by Crippen LogP contribution is -2.43. The molecule has 0 aliphatic carbocycles. The van der Waals surface area contributed by atoms with Gasteiger partial charge in [-0.15, -0.1) is 6.58 Å². The third kappa shape index (κ3) is 5.45. The average Bonchev–Trinajstić information content (AvgIpc) is 2.46. The van der Waals surface area contributed by atoms with Gasteiger partial charge in [0.1, 0.15) is 0 Å². The van der Waals surface area contributed by atoms with Crippen LogP contribution in [0.5, 0.6) is 0 Å². The number of hydrogen-bond donors (Lipinski definition) is 0. The lowest BCUT2D eigenvalue weighted by Gasteiger charge is -2.27. The topological polar surface area (TPSA) is 88.1 Å². The van der Waals surface area contributed by atoms with E-state index in [1.807, 2.05) is 0 Å². The lowest BCUT2D eigenvalue weighted by molar-refractivity contribution is -0.173. The van der Waals surface area contributed by atoms with E-state index in [4.69, 9.17) is 14.2 Å². The number of carbonyl (C=O) groups is 3. The van der Waals surface area contributed by atoms with Gasteiger partial charge >= 0.3 is 18.1 Å². The molecule has 7 nitrogen and oxygen atoms in total. The highest BCUT2D eigenvalue weighted by Crippen LogP contribution is 2.31. The summed E-state index contributed by atoms with van der Waals surface area (Å²) in [5, 5.41) is 0. The van der Waals surface area contributed by atoms with Crippen molar-refractivity contribution in [1.82, 2.24) is 0 Å². The second kappa shape index (κ2) is 9.79. The van der Waals surface area contributed by atoms with E-state index in [0.29, 0.717) is 0 Å². The zero-order chi connectivity index (χ0) is 16.3. The minimum absolute atomic E-state index is 0.0230. The number of ether oxygens (including phenoxy) is 4. The second-order valence-corrected chi connectivity index (χ2v) is 4.07. The highest BCUT2D eigenvalue weighted by molar-refractivity contribution is 6.00. The molecule has 0 aliphatic heterocycles. The van der Waals surface area contributed by atoms with Crippen LogP contribution in [0.3, 0.4) is 0 Å². The Labute approximate surface area is 124 Å². The summed E-state index contributed by atoms with van der Waals surface area (Å²) in [6.45, 7) is 6.86. The summed E-state index contributed by atoms with van der Waals surface area (Å²) in [6.07, 6.45) is 0.475. The van der Waals surface area contributed by atoms with Gasteiger partial charge in [-0.05, 0) is 20.3 Å². The fraction of sp³-hybridized carbons (Fsp3) is 0.643. The molecule has 21 heavy (non-hydrogen) atoms. The Morgan fingerprint density at radius 3 is 1.95 bits per heavy atom. The zero-order valence-corrected chi connectivity index (χ0v) is 12.7. The number of carbonyl (C=O) groups excluding carboxylic acids is 3. The van der Waals surface area contributed by atoms with E-state index >= 15 is 0 Å². The van der Waals surface area contributed by atoms with Crippen molar-refractivity contribution in [3.05, 3.63) is 12.7 Å². The maximum atomic E-state index is 12.2. The van der Waals surface area contributed by atoms with Crippen molar-refractivity contribution >= 4 is 18.1 Å². The molecule has 0 unspecified atom stereocenters. The lowest BCUT2D eigenvalue weighted by atomic mass is 9.81. The molecule has 0 radical (unpaired) electrons. The van der Waals surface area contributed by atoms with Gasteiger partial charge < -0.3 is 18.9 Å². The monoisotopic (exact) mass is 302 g/mol. The number of rotatable bonds is 9. The standard InChI is InChI=1S/C14H22O7/c1-5-8-14(11(15)19-6-2,12(16)20-7-3)9-10-21-13(17)18-4/h5H,1,6-10H2,2-4H3. The van der Waals surface area contributed by atoms with Crippen LogP contribution in [0.4, 0.5) is 4.79 Å². The molecule has 0 aliphatic rings. The quantitative estimate of drug-likeness (QED) is 0.278. The molecule has 0 rings (SSSR count). The molecule has 0 heterocycles. The zero-order valence-electron chi connectivity index (χ0n) is 12.7. The smallest absolute Gasteiger partial charge is 0.465 e. The second-order valence-electron chi connectivity index (χ2n) is 4.07. The molecular formula is C14H22O7. The van der Waals surface area contributed by atoms with Crippen LogP contribution in [0, 0.1) is 5.41 Å². The van der Waals surface area contributed by atoms with Crippen molar-refractivity contribution < 1.29 is 33.3 Å². The van der Waals surface area contributed by atoms with Crippen LogP contribution in [-0.4, -0.2) is 45.0 Å². The molecule has 0 atom stereocenters. The Morgan fingerprint density at radius 2 is 1.57 bits per heavy atom. The van der Waals surface area contributed by atoms with Gasteiger partial charge in [0.15, 0.2) is 5.41 Å². The molecule has 0 amide bonds. The van der Waals surface area contributed by atoms with Gasteiger partial charge in [0.05, 0.1) is 26.9 Å². The summed E-state index contributed by atoms with van der Waals surface area (Å²) in [7, 11) is 1.16. The Balaban J connectivity index is 5.16. The summed E-state index contributed by atoms with van der Waals surface area (Å²) < 4.78 is 19.0. The van der Waals surface area contributed by atoms with Crippen LogP contribution in [0.1, 0.15) is 26.7 Å². The predicted molar refractivity (Wildman–Crippen MR) is 73.5 cm³/mol. The van der Waals surface area contributed by atoms with Gasteiger partial charge in [-0.1, -0.05) is 6.08 Å². The van der Waals surface area contributed by atoms with Crippen molar-refractivity contribution in [3.63, 3.8) is 0 Å². The molecule has 0 saturated heterocycles. The largest absolute Gasteiger partial charge is 0.507 e. The Morgan fingerprint density at radius 1 is 1.05 bits per heavy atom. The summed E-state index contributed by atoms with van der Waals surface area (Å²) in [5.41, 5.74) is -1.57. The normalized spacial score (nSPS) is 10.4. The molecule has 0 N–H and O–H groups in total. The highest BCUT2D eigenvalue weighted by atomic mass is 16.7. The first kappa shape index (κ1) is 18.9. The highest BCUT2D eigenvalue weighted by Gasteiger charge is 2.47. The molecule has 0 bridgehead atoms. The summed E-state index contributed by atoms with van der Waals surface area (Å²) in [6, 6.07) is 0. The Bertz CT molecular complexity index is 358. The van der Waals surface area contributed by atoms with Crippen LogP contribution in [0.25, 0.3) is 0 Å². The summed E-state index contributed by atoms with van der Waals surface area (Å²) >= 11 is 0. The van der Waals surface area contributed by atoms with Crippen molar-refractivity contribution in [2.24, 2.45) is 5.41 Å². The van der Waals surface area contributed by atoms with Crippen LogP contribution >= 0.6 is 0 Å². The molecule has 0 aromatic carbocycles. The van der Waals surface area contributed by atoms with Gasteiger partial charge in [-0.3, -0.25) is 9.59 Å². The van der Waals surface area contributed by atoms with E-state index in [9.17, 15) is 14.4 Å². The van der Waals surface area contributed by atoms with Gasteiger partial charge in [0.25, 0.3) is 0 Å². The van der Waals surface area contributed by atoms with Gasteiger partial charge in [0, 0.05) is 6.42 Å². The summed E-state index contributed by atoms with van der Waals surface area (Å²) in [5.74, 6) is -1.45. The molecule has 7 heteroatoms. The van der Waals surface area contributed by atoms with E-state index in [2.05, 4.69) is 11.3 Å². The van der Waals surface area contributed by atoms with Crippen LogP contribution in [0.15, 0.2) is 12.7 Å². The van der Waals surface area contributed by atoms with Crippen molar-refractivity contribution in [2.75, 3.05) is 26.9 Å². The summed E-state index contributed by atoms with van der Waals surface area (Å²) in [4.78, 5) is 35.3. The molecule has 0 fully saturated rings. The first-order chi connectivity index (χ1) is 9.98. The fourth-order valence-electron chi connectivity index (χ4n) is 1.71. The number of esters is 2. The predicted octanol–water partition coefficient (Wildman–Crippen LogP) is 1.85. The fourth-order valence-corrected chi connectivity index (χ4v) is 1.71. The van der Waals surface area contributed by atoms with E-state index in [1.165, 1.54) is 6.08 Å². The van der Waals surface area contributed by atoms with E-state index in [-0.39, 0.29) is 32.7 Å². The molecule has 0 spiro atoms. The molecule has 0 aromatic heterocycles. The van der Waals surface area contributed by atoms with Crippen LogP contribution in [-0.2, 0) is 28.5 Å². The van der Waals surface area contributed by atoms with Crippen molar-refractivity contribution in [1.29, 1.82) is 0 Å².